The number of aromatic amines is 1. The lowest BCUT2D eigenvalue weighted by Crippen LogP contribution is -2.37. The van der Waals surface area contributed by atoms with E-state index in [2.05, 4.69) is 14.7 Å². The molecule has 2 aromatic heterocycles. The minimum atomic E-state index is -3.05. The molecule has 1 N–H and O–H groups in total. The molecule has 1 amide bonds. The van der Waals surface area contributed by atoms with Crippen molar-refractivity contribution in [2.75, 3.05) is 18.6 Å². The number of nitrogens with zero attached hydrogens (tertiary/aromatic N) is 2. The van der Waals surface area contributed by atoms with Gasteiger partial charge in [-0.25, -0.2) is 13.8 Å². The SMILES string of the molecule is COc1cc(OC(F)F)ncc1N1CCc2[nH]c(-c3c(F)cccc3F)cc2C1=O. The third-order valence-electron chi connectivity index (χ3n) is 4.73. The average molecular weight is 421 g/mol. The summed E-state index contributed by atoms with van der Waals surface area (Å²) < 4.78 is 62.5. The van der Waals surface area contributed by atoms with Crippen molar-refractivity contribution in [3.63, 3.8) is 0 Å². The lowest BCUT2D eigenvalue weighted by atomic mass is 10.1. The van der Waals surface area contributed by atoms with Crippen molar-refractivity contribution in [2.24, 2.45) is 0 Å². The molecule has 0 atom stereocenters. The summed E-state index contributed by atoms with van der Waals surface area (Å²) in [5.74, 6) is -2.18. The number of hydrogen-bond acceptors (Lipinski definition) is 4. The maximum Gasteiger partial charge on any atom is 0.388 e. The molecular formula is C20H15F4N3O3. The zero-order valence-electron chi connectivity index (χ0n) is 15.6. The van der Waals surface area contributed by atoms with Crippen LogP contribution in [0.2, 0.25) is 0 Å². The summed E-state index contributed by atoms with van der Waals surface area (Å²) in [6.07, 6.45) is 1.57. The highest BCUT2D eigenvalue weighted by Crippen LogP contribution is 2.36. The van der Waals surface area contributed by atoms with Crippen LogP contribution in [0.25, 0.3) is 11.3 Å². The highest BCUT2D eigenvalue weighted by molar-refractivity contribution is 6.09. The van der Waals surface area contributed by atoms with E-state index in [0.717, 1.165) is 18.2 Å². The van der Waals surface area contributed by atoms with Gasteiger partial charge in [-0.3, -0.25) is 4.79 Å². The molecular weight excluding hydrogens is 406 g/mol. The predicted octanol–water partition coefficient (Wildman–Crippen LogP) is 4.17. The summed E-state index contributed by atoms with van der Waals surface area (Å²) in [6, 6.07) is 6.06. The third-order valence-corrected chi connectivity index (χ3v) is 4.73. The second-order valence-corrected chi connectivity index (χ2v) is 6.45. The Kier molecular flexibility index (Phi) is 5.06. The molecule has 3 aromatic rings. The zero-order valence-corrected chi connectivity index (χ0v) is 15.6. The van der Waals surface area contributed by atoms with Crippen LogP contribution in [0.15, 0.2) is 36.5 Å². The average Bonchev–Trinajstić information content (AvgIpc) is 3.12. The number of H-pyrrole nitrogens is 1. The Hall–Kier alpha value is -3.56. The van der Waals surface area contributed by atoms with E-state index >= 15 is 0 Å². The maximum atomic E-state index is 14.1. The number of anilines is 1. The standard InChI is InChI=1S/C20H15F4N3O3/c1-29-16-8-17(30-20(23)24)25-9-15(16)27-6-5-13-10(19(27)28)7-14(26-13)18-11(21)3-2-4-12(18)22/h2-4,7-9,20,26H,5-6H2,1H3. The smallest absolute Gasteiger partial charge is 0.388 e. The monoisotopic (exact) mass is 421 g/mol. The van der Waals surface area contributed by atoms with Crippen molar-refractivity contribution in [1.29, 1.82) is 0 Å². The number of rotatable bonds is 5. The fourth-order valence-electron chi connectivity index (χ4n) is 3.41. The molecule has 30 heavy (non-hydrogen) atoms. The first-order valence-corrected chi connectivity index (χ1v) is 8.86. The van der Waals surface area contributed by atoms with Gasteiger partial charge in [0.1, 0.15) is 23.1 Å². The van der Waals surface area contributed by atoms with Crippen molar-refractivity contribution in [1.82, 2.24) is 9.97 Å². The van der Waals surface area contributed by atoms with Crippen LogP contribution >= 0.6 is 0 Å². The number of carbonyl (C=O) groups is 1. The molecule has 0 bridgehead atoms. The lowest BCUT2D eigenvalue weighted by molar-refractivity contribution is -0.0529. The number of carbonyl (C=O) groups excluding carboxylic acids is 1. The number of methoxy groups -OCH3 is 1. The zero-order chi connectivity index (χ0) is 21.4. The third kappa shape index (κ3) is 3.44. The van der Waals surface area contributed by atoms with Crippen molar-refractivity contribution in [3.05, 3.63) is 59.4 Å². The Bertz CT molecular complexity index is 1100. The fraction of sp³-hybridized carbons (Fsp3) is 0.200. The molecule has 0 fully saturated rings. The number of hydrogen-bond donors (Lipinski definition) is 1. The molecule has 0 saturated heterocycles. The summed E-state index contributed by atoms with van der Waals surface area (Å²) in [6.45, 7) is -2.83. The lowest BCUT2D eigenvalue weighted by Gasteiger charge is -2.27. The number of pyridine rings is 1. The van der Waals surface area contributed by atoms with Crippen molar-refractivity contribution >= 4 is 11.6 Å². The Morgan fingerprint density at radius 1 is 1.20 bits per heavy atom. The number of aromatic nitrogens is 2. The van der Waals surface area contributed by atoms with Gasteiger partial charge < -0.3 is 19.4 Å². The second kappa shape index (κ2) is 7.69. The predicted molar refractivity (Wildman–Crippen MR) is 98.9 cm³/mol. The highest BCUT2D eigenvalue weighted by Gasteiger charge is 2.31. The normalized spacial score (nSPS) is 13.5. The van der Waals surface area contributed by atoms with Gasteiger partial charge >= 0.3 is 6.61 Å². The molecule has 3 heterocycles. The van der Waals surface area contributed by atoms with E-state index in [1.165, 1.54) is 30.3 Å². The molecule has 4 rings (SSSR count). The molecule has 0 unspecified atom stereocenters. The minimum absolute atomic E-state index is 0.119. The van der Waals surface area contributed by atoms with Gasteiger partial charge in [0.25, 0.3) is 5.91 Å². The molecule has 1 aromatic carbocycles. The van der Waals surface area contributed by atoms with E-state index in [4.69, 9.17) is 4.74 Å². The summed E-state index contributed by atoms with van der Waals surface area (Å²) in [7, 11) is 1.32. The molecule has 0 radical (unpaired) electrons. The highest BCUT2D eigenvalue weighted by atomic mass is 19.3. The van der Waals surface area contributed by atoms with Crippen LogP contribution < -0.4 is 14.4 Å². The van der Waals surface area contributed by atoms with Crippen LogP contribution in [0.4, 0.5) is 23.2 Å². The van der Waals surface area contributed by atoms with Crippen molar-refractivity contribution in [2.45, 2.75) is 13.0 Å². The van der Waals surface area contributed by atoms with Crippen LogP contribution in [0.1, 0.15) is 16.1 Å². The minimum Gasteiger partial charge on any atom is -0.494 e. The number of ether oxygens (including phenoxy) is 2. The summed E-state index contributed by atoms with van der Waals surface area (Å²) in [5.41, 5.74) is 0.942. The number of benzene rings is 1. The van der Waals surface area contributed by atoms with Gasteiger partial charge in [0, 0.05) is 24.7 Å². The number of nitrogens with one attached hydrogen (secondary N) is 1. The van der Waals surface area contributed by atoms with Gasteiger partial charge in [-0.2, -0.15) is 8.78 Å². The molecule has 156 valence electrons. The molecule has 1 aliphatic heterocycles. The summed E-state index contributed by atoms with van der Waals surface area (Å²) >= 11 is 0. The molecule has 10 heteroatoms. The van der Waals surface area contributed by atoms with Crippen molar-refractivity contribution < 1.29 is 31.8 Å². The van der Waals surface area contributed by atoms with Gasteiger partial charge in [0.15, 0.2) is 0 Å². The molecule has 6 nitrogen and oxygen atoms in total. The summed E-state index contributed by atoms with van der Waals surface area (Å²) in [4.78, 5) is 21.1. The molecule has 0 aliphatic carbocycles. The second-order valence-electron chi connectivity index (χ2n) is 6.45. The Morgan fingerprint density at radius 3 is 2.60 bits per heavy atom. The van der Waals surface area contributed by atoms with Gasteiger partial charge in [0.2, 0.25) is 5.88 Å². The van der Waals surface area contributed by atoms with Gasteiger partial charge in [0.05, 0.1) is 30.1 Å². The van der Waals surface area contributed by atoms with Crippen LogP contribution in [-0.4, -0.2) is 36.1 Å². The molecule has 1 aliphatic rings. The van der Waals surface area contributed by atoms with Crippen molar-refractivity contribution in [3.8, 4) is 22.9 Å². The van der Waals surface area contributed by atoms with Gasteiger partial charge in [-0.1, -0.05) is 6.07 Å². The first-order chi connectivity index (χ1) is 14.4. The van der Waals surface area contributed by atoms with Crippen LogP contribution in [0.5, 0.6) is 11.6 Å². The van der Waals surface area contributed by atoms with E-state index in [0.29, 0.717) is 12.1 Å². The van der Waals surface area contributed by atoms with Crippen LogP contribution in [0, 0.1) is 11.6 Å². The van der Waals surface area contributed by atoms with Crippen LogP contribution in [-0.2, 0) is 6.42 Å². The molecule has 0 spiro atoms. The Morgan fingerprint density at radius 2 is 1.93 bits per heavy atom. The van der Waals surface area contributed by atoms with E-state index in [1.807, 2.05) is 0 Å². The van der Waals surface area contributed by atoms with Gasteiger partial charge in [-0.15, -0.1) is 0 Å². The quantitative estimate of drug-likeness (QED) is 0.628. The van der Waals surface area contributed by atoms with E-state index < -0.39 is 24.2 Å². The fourth-order valence-corrected chi connectivity index (χ4v) is 3.41. The maximum absolute atomic E-state index is 14.1. The number of fused-ring (bicyclic) bond motifs is 1. The topological polar surface area (TPSA) is 67.5 Å². The number of halogens is 4. The summed E-state index contributed by atoms with van der Waals surface area (Å²) in [5, 5.41) is 0. The van der Waals surface area contributed by atoms with E-state index in [-0.39, 0.29) is 40.7 Å². The van der Waals surface area contributed by atoms with E-state index in [1.54, 1.807) is 0 Å². The Balaban J connectivity index is 1.69. The number of alkyl halides is 2. The first kappa shape index (κ1) is 19.7. The van der Waals surface area contributed by atoms with E-state index in [9.17, 15) is 22.4 Å². The largest absolute Gasteiger partial charge is 0.494 e. The first-order valence-electron chi connectivity index (χ1n) is 8.86. The van der Waals surface area contributed by atoms with Gasteiger partial charge in [-0.05, 0) is 18.2 Å². The number of amides is 1. The molecule has 0 saturated carbocycles. The Labute approximate surface area is 168 Å². The van der Waals surface area contributed by atoms with Crippen LogP contribution in [0.3, 0.4) is 0 Å².